The summed E-state index contributed by atoms with van der Waals surface area (Å²) in [5.41, 5.74) is 6.75. The molecule has 0 bridgehead atoms. The van der Waals surface area contributed by atoms with Crippen molar-refractivity contribution in [2.75, 3.05) is 6.54 Å². The van der Waals surface area contributed by atoms with E-state index in [0.717, 1.165) is 31.4 Å². The third-order valence-corrected chi connectivity index (χ3v) is 6.43. The van der Waals surface area contributed by atoms with Gasteiger partial charge in [0, 0.05) is 6.54 Å². The van der Waals surface area contributed by atoms with Crippen LogP contribution in [0.3, 0.4) is 0 Å². The van der Waals surface area contributed by atoms with Gasteiger partial charge in [-0.1, -0.05) is 18.6 Å². The average Bonchev–Trinajstić information content (AvgIpc) is 3.20. The second kappa shape index (κ2) is 7.47. The first kappa shape index (κ1) is 17.6. The van der Waals surface area contributed by atoms with Crippen molar-refractivity contribution in [2.45, 2.75) is 57.2 Å². The van der Waals surface area contributed by atoms with Crippen molar-refractivity contribution in [1.29, 1.82) is 0 Å². The highest BCUT2D eigenvalue weighted by Crippen LogP contribution is 2.34. The molecule has 4 rings (SSSR count). The van der Waals surface area contributed by atoms with Gasteiger partial charge in [-0.3, -0.25) is 4.79 Å². The van der Waals surface area contributed by atoms with E-state index in [1.807, 2.05) is 12.4 Å². The van der Waals surface area contributed by atoms with Crippen LogP contribution in [0.2, 0.25) is 0 Å². The number of carbonyl (C=O) groups excluding carboxylic acids is 1. The molecule has 5 nitrogen and oxygen atoms in total. The van der Waals surface area contributed by atoms with Crippen LogP contribution in [0.15, 0.2) is 23.7 Å². The minimum absolute atomic E-state index is 0.00165. The number of rotatable bonds is 3. The molecule has 3 atom stereocenters. The lowest BCUT2D eigenvalue weighted by Gasteiger charge is -2.22. The molecule has 1 aliphatic heterocycles. The monoisotopic (exact) mass is 371 g/mol. The molecule has 1 aromatic heterocycles. The number of aliphatic hydroxyl groups is 1. The van der Waals surface area contributed by atoms with E-state index in [2.05, 4.69) is 33.8 Å². The number of nitrogens with one attached hydrogen (secondary N) is 2. The summed E-state index contributed by atoms with van der Waals surface area (Å²) in [4.78, 5) is 18.2. The van der Waals surface area contributed by atoms with Crippen LogP contribution < -0.4 is 10.6 Å². The van der Waals surface area contributed by atoms with Gasteiger partial charge >= 0.3 is 0 Å². The lowest BCUT2D eigenvalue weighted by molar-refractivity contribution is -0.123. The van der Waals surface area contributed by atoms with E-state index in [4.69, 9.17) is 0 Å². The van der Waals surface area contributed by atoms with Gasteiger partial charge in [0.2, 0.25) is 5.91 Å². The molecule has 0 unspecified atom stereocenters. The minimum atomic E-state index is -0.419. The lowest BCUT2D eigenvalue weighted by atomic mass is 9.95. The van der Waals surface area contributed by atoms with Gasteiger partial charge in [0.15, 0.2) is 0 Å². The average molecular weight is 372 g/mol. The number of aliphatic hydroxyl groups excluding tert-OH is 1. The van der Waals surface area contributed by atoms with Gasteiger partial charge in [0.25, 0.3) is 0 Å². The third kappa shape index (κ3) is 3.54. The Morgan fingerprint density at radius 2 is 2.27 bits per heavy atom. The number of benzene rings is 1. The Balaban J connectivity index is 1.57. The maximum Gasteiger partial charge on any atom is 0.237 e. The summed E-state index contributed by atoms with van der Waals surface area (Å²) in [6.45, 7) is 2.54. The van der Waals surface area contributed by atoms with Crippen LogP contribution in [0.4, 0.5) is 0 Å². The van der Waals surface area contributed by atoms with E-state index in [1.54, 1.807) is 11.3 Å². The predicted molar refractivity (Wildman–Crippen MR) is 103 cm³/mol. The Kier molecular flexibility index (Phi) is 5.07. The summed E-state index contributed by atoms with van der Waals surface area (Å²) >= 11 is 1.67. The van der Waals surface area contributed by atoms with E-state index < -0.39 is 6.10 Å². The minimum Gasteiger partial charge on any atom is -0.392 e. The molecule has 0 saturated carbocycles. The molecule has 1 aromatic carbocycles. The highest BCUT2D eigenvalue weighted by atomic mass is 32.1. The van der Waals surface area contributed by atoms with Gasteiger partial charge < -0.3 is 15.7 Å². The van der Waals surface area contributed by atoms with Crippen LogP contribution in [0, 0.1) is 6.92 Å². The van der Waals surface area contributed by atoms with Crippen molar-refractivity contribution in [1.82, 2.24) is 15.6 Å². The fourth-order valence-electron chi connectivity index (χ4n) is 4.04. The summed E-state index contributed by atoms with van der Waals surface area (Å²) in [5, 5.41) is 16.0. The molecule has 2 aromatic rings. The fraction of sp³-hybridized carbons (Fsp3) is 0.500. The number of nitrogens with zero attached hydrogens (tertiary/aromatic N) is 1. The summed E-state index contributed by atoms with van der Waals surface area (Å²) in [5.74, 6) is 0.00165. The molecular formula is C20H25N3O2S. The SMILES string of the molecule is Cc1ncsc1-c1ccc2c(c1)CCCC[C@H]2NC(=O)[C@@H]1C[C@@H](O)CN1. The first-order valence-corrected chi connectivity index (χ1v) is 10.2. The topological polar surface area (TPSA) is 74.2 Å². The van der Waals surface area contributed by atoms with E-state index in [0.29, 0.717) is 13.0 Å². The number of hydrogen-bond acceptors (Lipinski definition) is 5. The zero-order valence-electron chi connectivity index (χ0n) is 15.0. The molecule has 2 heterocycles. The Morgan fingerprint density at radius 3 is 3.00 bits per heavy atom. The Morgan fingerprint density at radius 1 is 1.38 bits per heavy atom. The van der Waals surface area contributed by atoms with Crippen molar-refractivity contribution >= 4 is 17.2 Å². The van der Waals surface area contributed by atoms with Crippen LogP contribution in [0.1, 0.15) is 48.5 Å². The highest BCUT2D eigenvalue weighted by Gasteiger charge is 2.30. The largest absolute Gasteiger partial charge is 0.392 e. The number of amides is 1. The van der Waals surface area contributed by atoms with Crippen LogP contribution in [-0.2, 0) is 11.2 Å². The molecule has 6 heteroatoms. The normalized spacial score (nSPS) is 25.5. The Labute approximate surface area is 157 Å². The molecule has 1 aliphatic carbocycles. The van der Waals surface area contributed by atoms with Gasteiger partial charge in [-0.25, -0.2) is 4.98 Å². The zero-order chi connectivity index (χ0) is 18.1. The smallest absolute Gasteiger partial charge is 0.237 e. The number of fused-ring (bicyclic) bond motifs is 1. The highest BCUT2D eigenvalue weighted by molar-refractivity contribution is 7.13. The van der Waals surface area contributed by atoms with Gasteiger partial charge in [-0.15, -0.1) is 11.3 Å². The van der Waals surface area contributed by atoms with Gasteiger partial charge in [0.1, 0.15) is 0 Å². The molecule has 1 saturated heterocycles. The second-order valence-electron chi connectivity index (χ2n) is 7.34. The lowest BCUT2D eigenvalue weighted by Crippen LogP contribution is -2.42. The first-order valence-electron chi connectivity index (χ1n) is 9.37. The molecule has 2 aliphatic rings. The molecule has 0 spiro atoms. The van der Waals surface area contributed by atoms with Crippen molar-refractivity contribution in [3.63, 3.8) is 0 Å². The zero-order valence-corrected chi connectivity index (χ0v) is 15.8. The summed E-state index contributed by atoms with van der Waals surface area (Å²) in [6.07, 6.45) is 4.34. The second-order valence-corrected chi connectivity index (χ2v) is 8.19. The Bertz CT molecular complexity index is 804. The maximum absolute atomic E-state index is 12.6. The number of thiazole rings is 1. The van der Waals surface area contributed by atoms with E-state index in [9.17, 15) is 9.90 Å². The molecule has 3 N–H and O–H groups in total. The van der Waals surface area contributed by atoms with E-state index in [1.165, 1.54) is 21.6 Å². The van der Waals surface area contributed by atoms with Crippen LogP contribution >= 0.6 is 11.3 Å². The fourth-order valence-corrected chi connectivity index (χ4v) is 4.84. The Hall–Kier alpha value is -1.76. The van der Waals surface area contributed by atoms with E-state index in [-0.39, 0.29) is 18.0 Å². The van der Waals surface area contributed by atoms with Gasteiger partial charge in [-0.2, -0.15) is 0 Å². The summed E-state index contributed by atoms with van der Waals surface area (Å²) < 4.78 is 0. The number of carbonyl (C=O) groups is 1. The third-order valence-electron chi connectivity index (χ3n) is 5.46. The molecule has 138 valence electrons. The molecule has 26 heavy (non-hydrogen) atoms. The van der Waals surface area contributed by atoms with Crippen LogP contribution in [0.5, 0.6) is 0 Å². The number of hydrogen-bond donors (Lipinski definition) is 3. The van der Waals surface area contributed by atoms with Crippen molar-refractivity contribution in [3.05, 3.63) is 40.5 Å². The molecular weight excluding hydrogens is 346 g/mol. The van der Waals surface area contributed by atoms with Crippen molar-refractivity contribution in [2.24, 2.45) is 0 Å². The van der Waals surface area contributed by atoms with E-state index >= 15 is 0 Å². The maximum atomic E-state index is 12.6. The predicted octanol–water partition coefficient (Wildman–Crippen LogP) is 2.73. The molecule has 1 fully saturated rings. The van der Waals surface area contributed by atoms with Gasteiger partial charge in [0.05, 0.1) is 34.3 Å². The van der Waals surface area contributed by atoms with Gasteiger partial charge in [-0.05, 0) is 55.4 Å². The number of aryl methyl sites for hydroxylation is 2. The van der Waals surface area contributed by atoms with Crippen molar-refractivity contribution < 1.29 is 9.90 Å². The first-order chi connectivity index (χ1) is 12.6. The number of β-amino-alcohol motifs (C(OH)–C–C–N with tert-alkyl or cyclic N) is 1. The standard InChI is InChI=1S/C20H25N3O2S/c1-12-19(26-11-22-12)14-6-7-16-13(8-14)4-2-3-5-17(16)23-20(25)18-9-15(24)10-21-18/h6-8,11,15,17-18,21,24H,2-5,9-10H2,1H3,(H,23,25)/t15-,17-,18+/m1/s1. The summed E-state index contributed by atoms with van der Waals surface area (Å²) in [6, 6.07) is 6.38. The quantitative estimate of drug-likeness (QED) is 0.726. The number of aromatic nitrogens is 1. The van der Waals surface area contributed by atoms with Crippen LogP contribution in [-0.4, -0.2) is 34.7 Å². The molecule has 1 amide bonds. The summed E-state index contributed by atoms with van der Waals surface area (Å²) in [7, 11) is 0. The molecule has 0 radical (unpaired) electrons. The van der Waals surface area contributed by atoms with Crippen LogP contribution in [0.25, 0.3) is 10.4 Å². The van der Waals surface area contributed by atoms with Crippen molar-refractivity contribution in [3.8, 4) is 10.4 Å².